The molecule has 144 valence electrons. The van der Waals surface area contributed by atoms with Crippen molar-refractivity contribution in [3.63, 3.8) is 0 Å². The molecular weight excluding hydrogens is 355 g/mol. The number of hydrogen-bond acceptors (Lipinski definition) is 6. The molecule has 0 bridgehead atoms. The molecule has 0 saturated carbocycles. The summed E-state index contributed by atoms with van der Waals surface area (Å²) in [6.07, 6.45) is 0. The second kappa shape index (κ2) is 7.85. The number of ether oxygens (including phenoxy) is 1. The van der Waals surface area contributed by atoms with Gasteiger partial charge < -0.3 is 19.7 Å². The van der Waals surface area contributed by atoms with Crippen LogP contribution in [-0.4, -0.2) is 64.6 Å². The van der Waals surface area contributed by atoms with Crippen molar-refractivity contribution in [2.75, 3.05) is 33.9 Å². The number of hydrogen-bond donors (Lipinski definition) is 2. The minimum atomic E-state index is -0.780. The summed E-state index contributed by atoms with van der Waals surface area (Å²) >= 11 is 0. The third-order valence-electron chi connectivity index (χ3n) is 4.51. The van der Waals surface area contributed by atoms with Gasteiger partial charge in [-0.05, 0) is 24.7 Å². The molecule has 2 heterocycles. The Kier molecular flexibility index (Phi) is 5.52. The molecule has 1 saturated heterocycles. The van der Waals surface area contributed by atoms with Crippen molar-refractivity contribution in [3.8, 4) is 5.75 Å². The first-order valence-electron chi connectivity index (χ1n) is 8.48. The Bertz CT molecular complexity index is 884. The second-order valence-corrected chi connectivity index (χ2v) is 6.51. The summed E-state index contributed by atoms with van der Waals surface area (Å²) in [5.74, 6) is -1.44. The lowest BCUT2D eigenvalue weighted by Gasteiger charge is -2.31. The molecule has 1 aliphatic heterocycles. The predicted octanol–water partition coefficient (Wildman–Crippen LogP) is 0.890. The highest BCUT2D eigenvalue weighted by atomic mass is 19.1. The molecule has 3 rings (SSSR count). The largest absolute Gasteiger partial charge is 0.501 e. The second-order valence-electron chi connectivity index (χ2n) is 6.51. The van der Waals surface area contributed by atoms with E-state index in [1.54, 1.807) is 12.1 Å². The molecule has 1 unspecified atom stereocenters. The number of likely N-dealkylation sites (N-methyl/N-ethyl adjacent to an activating group) is 1. The van der Waals surface area contributed by atoms with E-state index in [-0.39, 0.29) is 29.9 Å². The van der Waals surface area contributed by atoms with E-state index in [2.05, 4.69) is 9.97 Å². The SMILES string of the molecule is CN(Cc1ccc(F)cc1)C(=O)c1nc(C2COCCN2C)[nH]c(=O)c1O. The van der Waals surface area contributed by atoms with Crippen molar-refractivity contribution >= 4 is 5.91 Å². The fourth-order valence-electron chi connectivity index (χ4n) is 2.88. The van der Waals surface area contributed by atoms with Crippen LogP contribution in [0.5, 0.6) is 5.75 Å². The summed E-state index contributed by atoms with van der Waals surface area (Å²) in [6, 6.07) is 5.40. The van der Waals surface area contributed by atoms with Crippen molar-refractivity contribution in [1.29, 1.82) is 0 Å². The van der Waals surface area contributed by atoms with Gasteiger partial charge in [0.05, 0.1) is 19.3 Å². The van der Waals surface area contributed by atoms with Gasteiger partial charge in [0.25, 0.3) is 11.5 Å². The molecule has 1 fully saturated rings. The van der Waals surface area contributed by atoms with E-state index in [0.717, 1.165) is 0 Å². The Morgan fingerprint density at radius 3 is 2.81 bits per heavy atom. The van der Waals surface area contributed by atoms with Crippen molar-refractivity contribution in [3.05, 3.63) is 57.5 Å². The molecule has 27 heavy (non-hydrogen) atoms. The van der Waals surface area contributed by atoms with Crippen molar-refractivity contribution < 1.29 is 19.0 Å². The molecule has 1 aromatic heterocycles. The molecular formula is C18H21FN4O4. The Hall–Kier alpha value is -2.78. The van der Waals surface area contributed by atoms with Crippen LogP contribution in [-0.2, 0) is 11.3 Å². The summed E-state index contributed by atoms with van der Waals surface area (Å²) in [5, 5.41) is 10.1. The van der Waals surface area contributed by atoms with Gasteiger partial charge in [-0.15, -0.1) is 0 Å². The first-order chi connectivity index (χ1) is 12.9. The zero-order valence-electron chi connectivity index (χ0n) is 15.1. The topological polar surface area (TPSA) is 98.8 Å². The zero-order valence-corrected chi connectivity index (χ0v) is 15.1. The number of aromatic hydroxyl groups is 1. The van der Waals surface area contributed by atoms with Crippen LogP contribution in [0, 0.1) is 5.82 Å². The number of nitrogens with zero attached hydrogens (tertiary/aromatic N) is 3. The van der Waals surface area contributed by atoms with Gasteiger partial charge in [-0.3, -0.25) is 14.5 Å². The Morgan fingerprint density at radius 1 is 1.44 bits per heavy atom. The number of amides is 1. The molecule has 1 amide bonds. The molecule has 0 aliphatic carbocycles. The highest BCUT2D eigenvalue weighted by Gasteiger charge is 2.28. The first kappa shape index (κ1) is 19.0. The Labute approximate surface area is 155 Å². The number of aromatic amines is 1. The Balaban J connectivity index is 1.86. The van der Waals surface area contributed by atoms with Crippen LogP contribution >= 0.6 is 0 Å². The number of carbonyl (C=O) groups excluding carboxylic acids is 1. The fourth-order valence-corrected chi connectivity index (χ4v) is 2.88. The van der Waals surface area contributed by atoms with Gasteiger partial charge >= 0.3 is 0 Å². The summed E-state index contributed by atoms with van der Waals surface area (Å²) in [7, 11) is 3.38. The molecule has 1 aromatic carbocycles. The van der Waals surface area contributed by atoms with E-state index in [1.165, 1.54) is 24.1 Å². The van der Waals surface area contributed by atoms with Crippen LogP contribution in [0.3, 0.4) is 0 Å². The minimum absolute atomic E-state index is 0.175. The number of H-pyrrole nitrogens is 1. The third-order valence-corrected chi connectivity index (χ3v) is 4.51. The Morgan fingerprint density at radius 2 is 2.15 bits per heavy atom. The van der Waals surface area contributed by atoms with Gasteiger partial charge in [0.1, 0.15) is 11.6 Å². The maximum Gasteiger partial charge on any atom is 0.293 e. The predicted molar refractivity (Wildman–Crippen MR) is 94.9 cm³/mol. The van der Waals surface area contributed by atoms with Crippen LogP contribution in [0.25, 0.3) is 0 Å². The molecule has 0 radical (unpaired) electrons. The minimum Gasteiger partial charge on any atom is -0.501 e. The number of nitrogens with one attached hydrogen (secondary N) is 1. The lowest BCUT2D eigenvalue weighted by atomic mass is 10.2. The standard InChI is InChI=1S/C18H21FN4O4/c1-22-7-8-27-10-13(22)16-20-14(15(24)17(25)21-16)18(26)23(2)9-11-3-5-12(19)6-4-11/h3-6,13,24H,7-10H2,1-2H3,(H,20,21,25). The molecule has 0 spiro atoms. The van der Waals surface area contributed by atoms with E-state index >= 15 is 0 Å². The molecule has 1 aliphatic rings. The van der Waals surface area contributed by atoms with E-state index < -0.39 is 17.2 Å². The number of rotatable bonds is 4. The lowest BCUT2D eigenvalue weighted by Crippen LogP contribution is -2.39. The van der Waals surface area contributed by atoms with Crippen molar-refractivity contribution in [2.24, 2.45) is 0 Å². The first-order valence-corrected chi connectivity index (χ1v) is 8.48. The number of morpholine rings is 1. The molecule has 2 N–H and O–H groups in total. The average Bonchev–Trinajstić information content (AvgIpc) is 2.65. The molecule has 9 heteroatoms. The normalized spacial score (nSPS) is 17.7. The zero-order chi connectivity index (χ0) is 19.6. The maximum atomic E-state index is 13.0. The number of aromatic nitrogens is 2. The van der Waals surface area contributed by atoms with E-state index in [9.17, 15) is 19.1 Å². The van der Waals surface area contributed by atoms with E-state index in [0.29, 0.717) is 25.3 Å². The van der Waals surface area contributed by atoms with Gasteiger partial charge in [0.2, 0.25) is 5.75 Å². The molecule has 2 aromatic rings. The highest BCUT2D eigenvalue weighted by molar-refractivity contribution is 5.94. The van der Waals surface area contributed by atoms with Crippen LogP contribution in [0.1, 0.15) is 27.9 Å². The highest BCUT2D eigenvalue weighted by Crippen LogP contribution is 2.21. The summed E-state index contributed by atoms with van der Waals surface area (Å²) in [6.45, 7) is 1.72. The summed E-state index contributed by atoms with van der Waals surface area (Å²) in [5.41, 5.74) is -0.396. The van der Waals surface area contributed by atoms with Gasteiger partial charge in [-0.2, -0.15) is 0 Å². The number of carbonyl (C=O) groups is 1. The maximum absolute atomic E-state index is 13.0. The van der Waals surface area contributed by atoms with E-state index in [4.69, 9.17) is 4.74 Å². The molecule has 8 nitrogen and oxygen atoms in total. The van der Waals surface area contributed by atoms with Gasteiger partial charge in [-0.25, -0.2) is 9.37 Å². The van der Waals surface area contributed by atoms with Gasteiger partial charge in [0.15, 0.2) is 5.69 Å². The third kappa shape index (κ3) is 4.15. The van der Waals surface area contributed by atoms with Crippen LogP contribution in [0.2, 0.25) is 0 Å². The fraction of sp³-hybridized carbons (Fsp3) is 0.389. The monoisotopic (exact) mass is 376 g/mol. The smallest absolute Gasteiger partial charge is 0.293 e. The summed E-state index contributed by atoms with van der Waals surface area (Å²) < 4.78 is 18.4. The summed E-state index contributed by atoms with van der Waals surface area (Å²) in [4.78, 5) is 34.8. The van der Waals surface area contributed by atoms with Crippen molar-refractivity contribution in [2.45, 2.75) is 12.6 Å². The average molecular weight is 376 g/mol. The van der Waals surface area contributed by atoms with Crippen molar-refractivity contribution in [1.82, 2.24) is 19.8 Å². The van der Waals surface area contributed by atoms with Crippen LogP contribution in [0.15, 0.2) is 29.1 Å². The number of halogens is 1. The van der Waals surface area contributed by atoms with Crippen LogP contribution < -0.4 is 5.56 Å². The van der Waals surface area contributed by atoms with Gasteiger partial charge in [-0.1, -0.05) is 12.1 Å². The quantitative estimate of drug-likeness (QED) is 0.822. The van der Waals surface area contributed by atoms with E-state index in [1.807, 2.05) is 11.9 Å². The molecule has 1 atom stereocenters. The van der Waals surface area contributed by atoms with Crippen LogP contribution in [0.4, 0.5) is 4.39 Å². The van der Waals surface area contributed by atoms with Gasteiger partial charge in [0, 0.05) is 20.1 Å². The lowest BCUT2D eigenvalue weighted by molar-refractivity contribution is 0.00157. The number of benzene rings is 1.